The number of hydrogen-bond acceptors (Lipinski definition) is 6. The zero-order valence-corrected chi connectivity index (χ0v) is 16.2. The van der Waals surface area contributed by atoms with E-state index < -0.39 is 0 Å². The monoisotopic (exact) mass is 464 g/mol. The summed E-state index contributed by atoms with van der Waals surface area (Å²) < 4.78 is 0. The summed E-state index contributed by atoms with van der Waals surface area (Å²) in [5.41, 5.74) is 0. The molecule has 0 aliphatic rings. The van der Waals surface area contributed by atoms with Crippen LogP contribution in [0.25, 0.3) is 0 Å². The second-order valence-electron chi connectivity index (χ2n) is 2.05. The molecule has 0 unspecified atom stereocenters. The van der Waals surface area contributed by atoms with Gasteiger partial charge in [0.25, 0.3) is 0 Å². The molecule has 0 radical (unpaired) electrons. The fourth-order valence-electron chi connectivity index (χ4n) is 0. The summed E-state index contributed by atoms with van der Waals surface area (Å²) in [5.74, 6) is 0. The number of rotatable bonds is 0. The Morgan fingerprint density at radius 3 is 0.619 bits per heavy atom. The van der Waals surface area contributed by atoms with Crippen LogP contribution in [0.4, 0.5) is 0 Å². The van der Waals surface area contributed by atoms with E-state index in [0.29, 0.717) is 25.7 Å². The average molecular weight is 464 g/mol. The first-order valence-corrected chi connectivity index (χ1v) is 5.71. The predicted octanol–water partition coefficient (Wildman–Crippen LogP) is 3.31. The van der Waals surface area contributed by atoms with Crippen LogP contribution in [0.2, 0.25) is 0 Å². The summed E-state index contributed by atoms with van der Waals surface area (Å²) in [6.45, 7) is 11.3. The molecule has 0 bridgehead atoms. The zero-order chi connectivity index (χ0) is 17.7. The van der Waals surface area contributed by atoms with Gasteiger partial charge in [-0.05, 0) is 0 Å². The maximum Gasteiger partial charge on any atom is 0.106 e. The molecule has 7 heteroatoms. The Morgan fingerprint density at radius 2 is 0.619 bits per heavy atom. The standard InChI is InChI=1S/4C3H5N.2CH2O.W/c4*1-2-3-4;2*1-2;/h4*2H2,1H3;2*1H2;. The van der Waals surface area contributed by atoms with Crippen LogP contribution in [-0.2, 0) is 30.7 Å². The molecule has 0 aliphatic carbocycles. The first-order chi connectivity index (χ1) is 9.66. The second-order valence-corrected chi connectivity index (χ2v) is 2.05. The smallest absolute Gasteiger partial charge is 0.106 e. The average Bonchev–Trinajstić information content (AvgIpc) is 2.58. The molecule has 0 saturated heterocycles. The Balaban J connectivity index is -0.0000000227. The zero-order valence-electron chi connectivity index (χ0n) is 13.3. The van der Waals surface area contributed by atoms with Gasteiger partial charge in [-0.15, -0.1) is 0 Å². The molecule has 118 valence electrons. The van der Waals surface area contributed by atoms with E-state index in [9.17, 15) is 0 Å². The predicted molar refractivity (Wildman–Crippen MR) is 77.9 cm³/mol. The fourth-order valence-corrected chi connectivity index (χ4v) is 0. The normalized spacial score (nSPS) is 4.19. The van der Waals surface area contributed by atoms with Crippen LogP contribution in [0.1, 0.15) is 53.4 Å². The van der Waals surface area contributed by atoms with Gasteiger partial charge >= 0.3 is 0 Å². The molecule has 0 fully saturated rings. The number of hydrogen-bond donors (Lipinski definition) is 0. The van der Waals surface area contributed by atoms with Crippen LogP contribution < -0.4 is 0 Å². The fraction of sp³-hybridized carbons (Fsp3) is 0.571. The molecule has 0 aromatic heterocycles. The van der Waals surface area contributed by atoms with Crippen LogP contribution in [-0.4, -0.2) is 13.6 Å². The largest absolute Gasteiger partial charge is 0.307 e. The maximum absolute atomic E-state index is 8.00. The van der Waals surface area contributed by atoms with E-state index >= 15 is 0 Å². The van der Waals surface area contributed by atoms with Crippen LogP contribution in [0, 0.1) is 45.3 Å². The minimum atomic E-state index is 0. The van der Waals surface area contributed by atoms with Gasteiger partial charge in [0.2, 0.25) is 0 Å². The number of nitrogens with zero attached hydrogens (tertiary/aromatic N) is 4. The Kier molecular flexibility index (Phi) is 295. The third kappa shape index (κ3) is 1160. The number of carbonyl (C=O) groups excluding carboxylic acids is 2. The van der Waals surface area contributed by atoms with Crippen molar-refractivity contribution in [1.29, 1.82) is 21.0 Å². The van der Waals surface area contributed by atoms with Gasteiger partial charge in [-0.25, -0.2) is 0 Å². The van der Waals surface area contributed by atoms with E-state index in [1.165, 1.54) is 0 Å². The first-order valence-electron chi connectivity index (χ1n) is 5.71. The van der Waals surface area contributed by atoms with Crippen molar-refractivity contribution in [3.05, 3.63) is 0 Å². The van der Waals surface area contributed by atoms with Crippen LogP contribution in [0.15, 0.2) is 0 Å². The summed E-state index contributed by atoms with van der Waals surface area (Å²) in [4.78, 5) is 16.0. The van der Waals surface area contributed by atoms with Crippen molar-refractivity contribution < 1.29 is 30.7 Å². The molecular formula is C14H24N4O2W. The van der Waals surface area contributed by atoms with E-state index in [1.807, 2.05) is 65.5 Å². The Bertz CT molecular complexity index is 227. The molecule has 0 rings (SSSR count). The van der Waals surface area contributed by atoms with Gasteiger partial charge in [0, 0.05) is 46.7 Å². The van der Waals surface area contributed by atoms with Gasteiger partial charge in [-0.1, -0.05) is 27.7 Å². The van der Waals surface area contributed by atoms with E-state index in [0.717, 1.165) is 0 Å². The van der Waals surface area contributed by atoms with Gasteiger partial charge < -0.3 is 9.59 Å². The van der Waals surface area contributed by atoms with Crippen LogP contribution >= 0.6 is 0 Å². The summed E-state index contributed by atoms with van der Waals surface area (Å²) in [6, 6.07) is 7.72. The SMILES string of the molecule is C=O.C=O.CCC#N.CCC#N.CCC#N.CCC#N.[W]. The quantitative estimate of drug-likeness (QED) is 0.541. The molecule has 0 aromatic rings. The van der Waals surface area contributed by atoms with E-state index in [4.69, 9.17) is 30.6 Å². The van der Waals surface area contributed by atoms with E-state index in [-0.39, 0.29) is 21.1 Å². The number of carbonyl (C=O) groups is 2. The molecule has 0 saturated carbocycles. The molecule has 0 N–H and O–H groups in total. The van der Waals surface area contributed by atoms with Crippen molar-refractivity contribution in [1.82, 2.24) is 0 Å². The Morgan fingerprint density at radius 1 is 0.571 bits per heavy atom. The summed E-state index contributed by atoms with van der Waals surface area (Å²) >= 11 is 0. The van der Waals surface area contributed by atoms with Crippen molar-refractivity contribution in [2.75, 3.05) is 0 Å². The van der Waals surface area contributed by atoms with Gasteiger partial charge in [0.1, 0.15) is 13.6 Å². The first kappa shape index (κ1) is 42.8. The molecule has 21 heavy (non-hydrogen) atoms. The minimum absolute atomic E-state index is 0. The van der Waals surface area contributed by atoms with Crippen molar-refractivity contribution in [3.63, 3.8) is 0 Å². The van der Waals surface area contributed by atoms with Crippen LogP contribution in [0.5, 0.6) is 0 Å². The molecule has 0 heterocycles. The maximum atomic E-state index is 8.00. The van der Waals surface area contributed by atoms with Gasteiger partial charge in [0.05, 0.1) is 24.3 Å². The van der Waals surface area contributed by atoms with Gasteiger partial charge in [-0.2, -0.15) is 21.0 Å². The van der Waals surface area contributed by atoms with Crippen LogP contribution in [0.3, 0.4) is 0 Å². The Labute approximate surface area is 143 Å². The topological polar surface area (TPSA) is 129 Å². The van der Waals surface area contributed by atoms with Crippen molar-refractivity contribution in [3.8, 4) is 24.3 Å². The molecule has 0 atom stereocenters. The van der Waals surface area contributed by atoms with Gasteiger partial charge in [-0.3, -0.25) is 0 Å². The molecule has 0 aliphatic heterocycles. The molecule has 0 aromatic carbocycles. The van der Waals surface area contributed by atoms with Gasteiger partial charge in [0.15, 0.2) is 0 Å². The summed E-state index contributed by atoms with van der Waals surface area (Å²) in [7, 11) is 0. The molecule has 0 spiro atoms. The van der Waals surface area contributed by atoms with Crippen molar-refractivity contribution in [2.45, 2.75) is 53.4 Å². The second kappa shape index (κ2) is 145. The van der Waals surface area contributed by atoms with Crippen molar-refractivity contribution in [2.24, 2.45) is 0 Å². The summed E-state index contributed by atoms with van der Waals surface area (Å²) in [5, 5.41) is 30.5. The minimum Gasteiger partial charge on any atom is -0.307 e. The molecular weight excluding hydrogens is 440 g/mol. The third-order valence-electron chi connectivity index (χ3n) is 0.632. The van der Waals surface area contributed by atoms with E-state index in [2.05, 4.69) is 0 Å². The molecule has 0 amide bonds. The van der Waals surface area contributed by atoms with Crippen molar-refractivity contribution >= 4 is 13.6 Å². The number of nitriles is 4. The third-order valence-corrected chi connectivity index (χ3v) is 0.632. The Hall–Kier alpha value is -2.01. The molecule has 6 nitrogen and oxygen atoms in total. The van der Waals surface area contributed by atoms with E-state index in [1.54, 1.807) is 0 Å². The summed E-state index contributed by atoms with van der Waals surface area (Å²) in [6.07, 6.45) is 2.50.